The van der Waals surface area contributed by atoms with Crippen LogP contribution in [0.25, 0.3) is 22.6 Å². The Kier molecular flexibility index (Phi) is 4.62. The molecule has 4 rings (SSSR count). The number of ether oxygens (including phenoxy) is 1. The van der Waals surface area contributed by atoms with Crippen molar-refractivity contribution in [1.82, 2.24) is 19.5 Å². The molecule has 3 aromatic rings. The van der Waals surface area contributed by atoms with Crippen LogP contribution in [0.1, 0.15) is 51.0 Å². The van der Waals surface area contributed by atoms with E-state index in [4.69, 9.17) is 9.72 Å². The second-order valence-corrected chi connectivity index (χ2v) is 7.56. The molecule has 0 unspecified atom stereocenters. The van der Waals surface area contributed by atoms with Gasteiger partial charge in [0.05, 0.1) is 25.3 Å². The molecule has 1 aliphatic rings. The number of methoxy groups -OCH3 is 1. The lowest BCUT2D eigenvalue weighted by Crippen LogP contribution is -2.07. The van der Waals surface area contributed by atoms with Crippen molar-refractivity contribution < 1.29 is 4.74 Å². The van der Waals surface area contributed by atoms with Gasteiger partial charge < -0.3 is 9.30 Å². The molecule has 5 heteroatoms. The van der Waals surface area contributed by atoms with Crippen LogP contribution in [0.3, 0.4) is 0 Å². The van der Waals surface area contributed by atoms with E-state index in [1.807, 2.05) is 12.4 Å². The minimum absolute atomic E-state index is 0.448. The lowest BCUT2D eigenvalue weighted by molar-refractivity contribution is 0.416. The fourth-order valence-corrected chi connectivity index (χ4v) is 3.86. The van der Waals surface area contributed by atoms with Crippen molar-refractivity contribution in [1.29, 1.82) is 0 Å². The average molecular weight is 350 g/mol. The monoisotopic (exact) mass is 350 g/mol. The molecule has 0 bridgehead atoms. The van der Waals surface area contributed by atoms with Crippen LogP contribution in [-0.2, 0) is 6.54 Å². The lowest BCUT2D eigenvalue weighted by atomic mass is 9.99. The maximum Gasteiger partial charge on any atom is 0.197 e. The first-order valence-corrected chi connectivity index (χ1v) is 9.52. The van der Waals surface area contributed by atoms with E-state index in [1.54, 1.807) is 13.3 Å². The summed E-state index contributed by atoms with van der Waals surface area (Å²) in [5.41, 5.74) is 4.67. The van der Waals surface area contributed by atoms with Crippen molar-refractivity contribution in [3.63, 3.8) is 0 Å². The normalized spacial score (nSPS) is 15.2. The van der Waals surface area contributed by atoms with Crippen molar-refractivity contribution in [3.05, 3.63) is 36.3 Å². The lowest BCUT2D eigenvalue weighted by Gasteiger charge is -2.13. The number of aromatic nitrogens is 4. The SMILES string of the molecule is COc1ccc(C(C)C)cc1-c1cnc2ncn(CC3CCCC3)c2n1. The molecule has 2 heterocycles. The fourth-order valence-electron chi connectivity index (χ4n) is 3.86. The second kappa shape index (κ2) is 7.06. The summed E-state index contributed by atoms with van der Waals surface area (Å²) >= 11 is 0. The van der Waals surface area contributed by atoms with Crippen LogP contribution < -0.4 is 4.74 Å². The highest BCUT2D eigenvalue weighted by atomic mass is 16.5. The standard InChI is InChI=1S/C21H26N4O/c1-14(2)16-8-9-19(26-3)17(10-16)18-11-22-20-21(24-18)25(13-23-20)12-15-6-4-5-7-15/h8-11,13-15H,4-7,12H2,1-3H3. The third-order valence-electron chi connectivity index (χ3n) is 5.42. The van der Waals surface area contributed by atoms with Crippen LogP contribution in [0.2, 0.25) is 0 Å². The molecule has 5 nitrogen and oxygen atoms in total. The highest BCUT2D eigenvalue weighted by Crippen LogP contribution is 2.32. The smallest absolute Gasteiger partial charge is 0.197 e. The van der Waals surface area contributed by atoms with E-state index in [1.165, 1.54) is 31.2 Å². The van der Waals surface area contributed by atoms with Crippen molar-refractivity contribution >= 4 is 11.3 Å². The number of fused-ring (bicyclic) bond motifs is 1. The van der Waals surface area contributed by atoms with Gasteiger partial charge in [-0.2, -0.15) is 0 Å². The molecule has 0 aliphatic heterocycles. The number of benzene rings is 1. The predicted molar refractivity (Wildman–Crippen MR) is 103 cm³/mol. The Morgan fingerprint density at radius 1 is 1.19 bits per heavy atom. The van der Waals surface area contributed by atoms with Crippen LogP contribution >= 0.6 is 0 Å². The number of hydrogen-bond acceptors (Lipinski definition) is 4. The Hall–Kier alpha value is -2.43. The van der Waals surface area contributed by atoms with E-state index in [0.717, 1.165) is 35.1 Å². The summed E-state index contributed by atoms with van der Waals surface area (Å²) in [4.78, 5) is 13.9. The Morgan fingerprint density at radius 2 is 2.00 bits per heavy atom. The van der Waals surface area contributed by atoms with Gasteiger partial charge in [0.2, 0.25) is 0 Å². The van der Waals surface area contributed by atoms with Gasteiger partial charge in [-0.05, 0) is 42.4 Å². The summed E-state index contributed by atoms with van der Waals surface area (Å²) in [7, 11) is 1.70. The topological polar surface area (TPSA) is 52.8 Å². The van der Waals surface area contributed by atoms with Gasteiger partial charge in [0.25, 0.3) is 0 Å². The van der Waals surface area contributed by atoms with Gasteiger partial charge >= 0.3 is 0 Å². The number of imidazole rings is 1. The van der Waals surface area contributed by atoms with Gasteiger partial charge in [-0.25, -0.2) is 15.0 Å². The second-order valence-electron chi connectivity index (χ2n) is 7.56. The van der Waals surface area contributed by atoms with Crippen LogP contribution in [-0.4, -0.2) is 26.6 Å². The molecule has 0 N–H and O–H groups in total. The van der Waals surface area contributed by atoms with Gasteiger partial charge in [0.15, 0.2) is 11.3 Å². The van der Waals surface area contributed by atoms with Crippen LogP contribution in [0.4, 0.5) is 0 Å². The first kappa shape index (κ1) is 17.0. The van der Waals surface area contributed by atoms with Crippen molar-refractivity contribution in [2.24, 2.45) is 5.92 Å². The van der Waals surface area contributed by atoms with Crippen LogP contribution in [0.5, 0.6) is 5.75 Å². The molecule has 1 aromatic carbocycles. The number of rotatable bonds is 5. The summed E-state index contributed by atoms with van der Waals surface area (Å²) in [6.07, 6.45) is 8.97. The van der Waals surface area contributed by atoms with Gasteiger partial charge in [-0.3, -0.25) is 0 Å². The number of hydrogen-bond donors (Lipinski definition) is 0. The van der Waals surface area contributed by atoms with E-state index >= 15 is 0 Å². The quantitative estimate of drug-likeness (QED) is 0.662. The van der Waals surface area contributed by atoms with E-state index in [2.05, 4.69) is 40.5 Å². The zero-order chi connectivity index (χ0) is 18.1. The van der Waals surface area contributed by atoms with E-state index < -0.39 is 0 Å². The Balaban J connectivity index is 1.76. The summed E-state index contributed by atoms with van der Waals surface area (Å²) < 4.78 is 7.74. The third kappa shape index (κ3) is 3.18. The number of nitrogens with zero attached hydrogens (tertiary/aromatic N) is 4. The van der Waals surface area contributed by atoms with Gasteiger partial charge in [0.1, 0.15) is 5.75 Å². The molecular weight excluding hydrogens is 324 g/mol. The maximum atomic E-state index is 5.58. The van der Waals surface area contributed by atoms with Crippen molar-refractivity contribution in [2.45, 2.75) is 52.0 Å². The predicted octanol–water partition coefficient (Wildman–Crippen LogP) is 4.82. The molecule has 26 heavy (non-hydrogen) atoms. The first-order valence-electron chi connectivity index (χ1n) is 9.52. The molecule has 1 saturated carbocycles. The molecule has 1 fully saturated rings. The summed E-state index contributed by atoms with van der Waals surface area (Å²) in [5.74, 6) is 2.01. The van der Waals surface area contributed by atoms with Gasteiger partial charge in [0, 0.05) is 12.1 Å². The van der Waals surface area contributed by atoms with Crippen molar-refractivity contribution in [3.8, 4) is 17.0 Å². The average Bonchev–Trinajstić information content (AvgIpc) is 3.31. The molecule has 2 aromatic heterocycles. The molecule has 1 aliphatic carbocycles. The van der Waals surface area contributed by atoms with E-state index in [9.17, 15) is 0 Å². The third-order valence-corrected chi connectivity index (χ3v) is 5.42. The first-order chi connectivity index (χ1) is 12.7. The molecule has 136 valence electrons. The molecule has 0 radical (unpaired) electrons. The Morgan fingerprint density at radius 3 is 2.73 bits per heavy atom. The Labute approximate surface area is 154 Å². The Bertz CT molecular complexity index is 910. The summed E-state index contributed by atoms with van der Waals surface area (Å²) in [6, 6.07) is 6.30. The van der Waals surface area contributed by atoms with E-state index in [0.29, 0.717) is 11.6 Å². The molecule has 0 amide bonds. The summed E-state index contributed by atoms with van der Waals surface area (Å²) in [6.45, 7) is 5.37. The van der Waals surface area contributed by atoms with Gasteiger partial charge in [-0.1, -0.05) is 32.8 Å². The highest BCUT2D eigenvalue weighted by Gasteiger charge is 2.18. The molecule has 0 saturated heterocycles. The summed E-state index contributed by atoms with van der Waals surface area (Å²) in [5, 5.41) is 0. The minimum atomic E-state index is 0.448. The van der Waals surface area contributed by atoms with Crippen LogP contribution in [0, 0.1) is 5.92 Å². The zero-order valence-corrected chi connectivity index (χ0v) is 15.8. The molecule has 0 spiro atoms. The minimum Gasteiger partial charge on any atom is -0.496 e. The molecular formula is C21H26N4O. The fraction of sp³-hybridized carbons (Fsp3) is 0.476. The molecule has 0 atom stereocenters. The van der Waals surface area contributed by atoms with Gasteiger partial charge in [-0.15, -0.1) is 0 Å². The highest BCUT2D eigenvalue weighted by molar-refractivity contribution is 5.74. The maximum absolute atomic E-state index is 5.58. The van der Waals surface area contributed by atoms with E-state index in [-0.39, 0.29) is 0 Å². The van der Waals surface area contributed by atoms with Crippen molar-refractivity contribution in [2.75, 3.05) is 7.11 Å². The largest absolute Gasteiger partial charge is 0.496 e. The zero-order valence-electron chi connectivity index (χ0n) is 15.8. The van der Waals surface area contributed by atoms with Crippen LogP contribution in [0.15, 0.2) is 30.7 Å².